The van der Waals surface area contributed by atoms with Gasteiger partial charge in [0.25, 0.3) is 0 Å². The topological polar surface area (TPSA) is 271 Å². The third-order valence-electron chi connectivity index (χ3n) is 13.8. The van der Waals surface area contributed by atoms with Crippen molar-refractivity contribution >= 4 is 50.1 Å². The minimum Gasteiger partial charge on any atom is -0.850 e. The number of aldehydes is 1. The Balaban J connectivity index is 0.00000125. The van der Waals surface area contributed by atoms with Gasteiger partial charge in [0.05, 0.1) is 44.7 Å². The van der Waals surface area contributed by atoms with Crippen molar-refractivity contribution in [3.63, 3.8) is 0 Å². The molecule has 0 spiro atoms. The van der Waals surface area contributed by atoms with Gasteiger partial charge in [0.15, 0.2) is 11.7 Å². The Morgan fingerprint density at radius 2 is 0.896 bits per heavy atom. The van der Waals surface area contributed by atoms with Crippen molar-refractivity contribution in [2.75, 3.05) is 20.3 Å². The van der Waals surface area contributed by atoms with Gasteiger partial charge in [0, 0.05) is 16.7 Å². The van der Waals surface area contributed by atoms with Gasteiger partial charge in [-0.05, 0) is 181 Å². The van der Waals surface area contributed by atoms with Gasteiger partial charge in [0.2, 0.25) is 0 Å². The Labute approximate surface area is 616 Å². The predicted molar refractivity (Wildman–Crippen MR) is 363 cm³/mol. The predicted octanol–water partition coefficient (Wildman–Crippen LogP) is 11.2. The molecule has 3 fully saturated rings. The summed E-state index contributed by atoms with van der Waals surface area (Å²) in [6.45, 7) is 56.3. The van der Waals surface area contributed by atoms with Crippen LogP contribution in [-0.4, -0.2) is 159 Å². The van der Waals surface area contributed by atoms with Gasteiger partial charge in [-0.15, -0.1) is 5.60 Å². The number of para-hydroxylation sites is 2. The zero-order chi connectivity index (χ0) is 74.4. The van der Waals surface area contributed by atoms with Crippen molar-refractivity contribution in [1.29, 1.82) is 0 Å². The quantitative estimate of drug-likeness (QED) is 0.0477. The number of esters is 3. The molecule has 3 amide bonds. The van der Waals surface area contributed by atoms with Crippen molar-refractivity contribution in [2.45, 2.75) is 307 Å². The summed E-state index contributed by atoms with van der Waals surface area (Å²) in [4.78, 5) is 88.4. The molecule has 2 aromatic carbocycles. The van der Waals surface area contributed by atoms with Crippen molar-refractivity contribution < 1.29 is 146 Å². The van der Waals surface area contributed by atoms with E-state index < -0.39 is 113 Å². The number of ether oxygens (including phenoxy) is 9. The van der Waals surface area contributed by atoms with Crippen LogP contribution in [0.4, 0.5) is 14.4 Å². The van der Waals surface area contributed by atoms with E-state index in [1.165, 1.54) is 28.7 Å². The fourth-order valence-corrected chi connectivity index (χ4v) is 11.5. The van der Waals surface area contributed by atoms with E-state index in [0.29, 0.717) is 23.7 Å². The van der Waals surface area contributed by atoms with Gasteiger partial charge in [-0.2, -0.15) is 0 Å². The molecule has 23 nitrogen and oxygen atoms in total. The van der Waals surface area contributed by atoms with E-state index in [-0.39, 0.29) is 81.0 Å². The van der Waals surface area contributed by atoms with Gasteiger partial charge in [0.1, 0.15) is 57.8 Å². The maximum absolute atomic E-state index is 14.2. The maximum atomic E-state index is 14.2. The van der Waals surface area contributed by atoms with Crippen molar-refractivity contribution in [3.8, 4) is 11.5 Å². The summed E-state index contributed by atoms with van der Waals surface area (Å²) in [7, 11) is -2.72. The van der Waals surface area contributed by atoms with Crippen LogP contribution in [0.1, 0.15) is 226 Å². The Hall–Kier alpha value is -4.62. The molecule has 3 aliphatic heterocycles. The van der Waals surface area contributed by atoms with E-state index in [0.717, 1.165) is 17.4 Å². The Bertz CT molecular complexity index is 2910. The van der Waals surface area contributed by atoms with E-state index in [1.54, 1.807) is 157 Å². The summed E-state index contributed by atoms with van der Waals surface area (Å²) in [5, 5.41) is 10.1. The molecule has 4 unspecified atom stereocenters. The van der Waals surface area contributed by atoms with Gasteiger partial charge in [-0.25, -0.2) is 28.5 Å². The monoisotopic (exact) mass is 1400 g/mol. The minimum absolute atomic E-state index is 0. The molecular weight excluding hydrogens is 1280 g/mol. The average molecular weight is 1400 g/mol. The normalized spacial score (nSPS) is 21.0. The number of carbonyl (C=O) groups excluding carboxylic acids is 7. The summed E-state index contributed by atoms with van der Waals surface area (Å²) in [5.41, 5.74) is -4.57. The van der Waals surface area contributed by atoms with E-state index in [9.17, 15) is 43.2 Å². The number of nitrogens with zero attached hydrogens (tertiary/aromatic N) is 3. The maximum Gasteiger partial charge on any atom is 1.00 e. The summed E-state index contributed by atoms with van der Waals surface area (Å²) in [6, 6.07) is 13.0. The van der Waals surface area contributed by atoms with Crippen LogP contribution in [0.15, 0.2) is 60.2 Å². The van der Waals surface area contributed by atoms with Gasteiger partial charge >= 0.3 is 95.2 Å². The first-order valence-corrected chi connectivity index (χ1v) is 33.9. The van der Waals surface area contributed by atoms with Crippen LogP contribution in [0, 0.1) is 0 Å². The largest absolute Gasteiger partial charge is 1.00 e. The fraction of sp³-hybridized carbons (Fsp3) is 0.704. The first-order valence-electron chi connectivity index (χ1n) is 32.3. The second-order valence-corrected chi connectivity index (χ2v) is 33.0. The number of hydrogen-bond acceptors (Lipinski definition) is 20. The van der Waals surface area contributed by atoms with Crippen LogP contribution in [-0.2, 0) is 77.2 Å². The van der Waals surface area contributed by atoms with Crippen LogP contribution in [0.2, 0.25) is 0 Å². The molecule has 0 aliphatic carbocycles. The van der Waals surface area contributed by atoms with E-state index in [1.807, 2.05) is 106 Å². The van der Waals surface area contributed by atoms with E-state index in [2.05, 4.69) is 0 Å². The molecule has 3 heterocycles. The molecule has 25 heteroatoms. The third-order valence-corrected chi connectivity index (χ3v) is 15.8. The van der Waals surface area contributed by atoms with Gasteiger partial charge in [-0.3, -0.25) is 19.5 Å². The van der Waals surface area contributed by atoms with Crippen molar-refractivity contribution in [2.24, 2.45) is 0 Å². The van der Waals surface area contributed by atoms with Crippen molar-refractivity contribution in [3.05, 3.63) is 71.3 Å². The van der Waals surface area contributed by atoms with Crippen LogP contribution in [0.25, 0.3) is 0 Å². The zero-order valence-corrected chi connectivity index (χ0v) is 68.2. The Morgan fingerprint density at radius 1 is 0.573 bits per heavy atom. The molecule has 0 radical (unpaired) electrons. The summed E-state index contributed by atoms with van der Waals surface area (Å²) in [5.74, 6) is -0.657. The number of amides is 3. The van der Waals surface area contributed by atoms with Crippen molar-refractivity contribution in [1.82, 2.24) is 14.7 Å². The summed E-state index contributed by atoms with van der Waals surface area (Å²) < 4.78 is 74.5. The number of rotatable bonds is 12. The van der Waals surface area contributed by atoms with E-state index >= 15 is 0 Å². The second-order valence-electron chi connectivity index (χ2n) is 30.8. The van der Waals surface area contributed by atoms with Crippen LogP contribution < -0.4 is 65.5 Å². The van der Waals surface area contributed by atoms with Gasteiger partial charge in [-0.1, -0.05) is 98.7 Å². The smallest absolute Gasteiger partial charge is 0.850 e. The Morgan fingerprint density at radius 3 is 1.23 bits per heavy atom. The SMILES string of the molecule is CC(C)(C)[O-].CCOC(=O)/C(C)=C\C1[C@@H](C)OC(C)(C)N1C(=O)OC(C)(C)C.CCOC(=O)C(C)P(=O)(Oc1ccccc1C(C)(C)C)Oc1ccccc1C(C)(C)C.COC(=O)C1[C@@H](C)OC(C)(C)N1C(=O)OC(C)(C)C.C[C@H]1OC(C)(C)N(C(=O)OC(C)(C)C)C1C=O.[K+]. The number of hydrogen-bond donors (Lipinski definition) is 0. The number of benzene rings is 2. The molecule has 3 saturated heterocycles. The summed E-state index contributed by atoms with van der Waals surface area (Å²) in [6.07, 6.45) is -0.178. The molecule has 542 valence electrons. The first kappa shape index (κ1) is 91.4. The van der Waals surface area contributed by atoms with Crippen LogP contribution >= 0.6 is 7.60 Å². The fourth-order valence-electron chi connectivity index (χ4n) is 9.91. The molecule has 3 aliphatic rings. The molecule has 0 N–H and O–H groups in total. The third kappa shape index (κ3) is 28.9. The molecule has 0 bridgehead atoms. The second kappa shape index (κ2) is 36.1. The molecule has 5 rings (SSSR count). The van der Waals surface area contributed by atoms with Crippen LogP contribution in [0.3, 0.4) is 0 Å². The molecule has 7 atom stereocenters. The molecule has 2 aromatic rings. The number of methoxy groups -OCH3 is 1. The molecule has 96 heavy (non-hydrogen) atoms. The number of carbonyl (C=O) groups is 7. The zero-order valence-electron chi connectivity index (χ0n) is 64.2. The minimum atomic E-state index is -4.01. The molecule has 0 saturated carbocycles. The standard InChI is InChI=1S/C25H35O5P.C17H29NO5.C13H23NO5.C12H21NO4.C4H9O.K/c1-9-28-23(26)18(2)31(27,29-21-16-12-10-14-19(21)24(3,4)5)30-22-17-13-11-15-20(22)25(6,7)8;1-9-21-14(19)11(2)10-13-12(3)22-17(7,8)18(13)15(20)23-16(4,5)6;1-8-9(10(15)17-7)14(13(5,6)18-8)11(16)19-12(2,3)4;1-8-9(7-14)13(12(5,6)16-8)10(15)17-11(2,3)4;1-4(2,3)5;/h10-18H,9H2,1-8H3;10,12-13H,9H2,1-8H3;8-9H,1-7H3;7-9H,1-6H3;1-3H3;/q;;;;-1;+1/b;11-10-;;;;/t;12-,13?;2*8-,9?;;/m.111../s1. The van der Waals surface area contributed by atoms with E-state index in [4.69, 9.17) is 51.7 Å². The first-order chi connectivity index (χ1) is 42.8. The van der Waals surface area contributed by atoms with Gasteiger partial charge < -0.3 is 61.6 Å². The summed E-state index contributed by atoms with van der Waals surface area (Å²) >= 11 is 0. The average Bonchev–Trinajstić information content (AvgIpc) is 1.53. The molecule has 0 aromatic heterocycles. The Kier molecular flexibility index (Phi) is 34.4. The molecular formula is C71H117KN3O20P. The van der Waals surface area contributed by atoms with Crippen LogP contribution in [0.5, 0.6) is 11.5 Å².